The smallest absolute Gasteiger partial charge is 0.243 e. The number of benzene rings is 1. The number of carbonyl (C=O) groups is 1. The fourth-order valence-corrected chi connectivity index (χ4v) is 4.41. The van der Waals surface area contributed by atoms with Gasteiger partial charge < -0.3 is 15.4 Å². The largest absolute Gasteiger partial charge is 0.379 e. The van der Waals surface area contributed by atoms with Gasteiger partial charge in [0.2, 0.25) is 15.9 Å². The minimum Gasteiger partial charge on any atom is -0.379 e. The first-order chi connectivity index (χ1) is 12.7. The van der Waals surface area contributed by atoms with Crippen molar-refractivity contribution < 1.29 is 17.9 Å². The number of nitrogens with zero attached hydrogens (tertiary/aromatic N) is 2. The molecule has 0 unspecified atom stereocenters. The van der Waals surface area contributed by atoms with E-state index in [0.29, 0.717) is 52.2 Å². The molecule has 0 radical (unpaired) electrons. The molecule has 1 saturated heterocycles. The monoisotopic (exact) mass is 397 g/mol. The summed E-state index contributed by atoms with van der Waals surface area (Å²) in [6, 6.07) is 6.80. The third kappa shape index (κ3) is 6.00. The van der Waals surface area contributed by atoms with Crippen molar-refractivity contribution in [3.8, 4) is 0 Å². The lowest BCUT2D eigenvalue weighted by Crippen LogP contribution is -2.40. The van der Waals surface area contributed by atoms with E-state index in [-0.39, 0.29) is 16.2 Å². The number of sulfonamides is 1. The van der Waals surface area contributed by atoms with Gasteiger partial charge in [0.05, 0.1) is 18.1 Å². The van der Waals surface area contributed by atoms with Gasteiger partial charge in [-0.1, -0.05) is 26.0 Å². The number of ether oxygens (including phenoxy) is 1. The number of hydrogen-bond donors (Lipinski definition) is 1. The second-order valence-electron chi connectivity index (χ2n) is 7.78. The maximum absolute atomic E-state index is 12.6. The SMILES string of the molecule is CN(CC(C)(C)CN)C(=O)CCc1ccc(S(=O)(=O)N2CCOCC2)cc1. The molecule has 0 aliphatic carbocycles. The summed E-state index contributed by atoms with van der Waals surface area (Å²) in [4.78, 5) is 14.3. The number of rotatable bonds is 8. The molecule has 0 bridgehead atoms. The first kappa shape index (κ1) is 21.8. The van der Waals surface area contributed by atoms with Crippen LogP contribution < -0.4 is 5.73 Å². The first-order valence-electron chi connectivity index (χ1n) is 9.26. The second-order valence-corrected chi connectivity index (χ2v) is 9.72. The fraction of sp³-hybridized carbons (Fsp3) is 0.632. The Hall–Kier alpha value is -1.48. The van der Waals surface area contributed by atoms with Crippen molar-refractivity contribution in [1.29, 1.82) is 0 Å². The topological polar surface area (TPSA) is 92.9 Å². The van der Waals surface area contributed by atoms with E-state index >= 15 is 0 Å². The van der Waals surface area contributed by atoms with Gasteiger partial charge in [-0.15, -0.1) is 0 Å². The van der Waals surface area contributed by atoms with Crippen molar-refractivity contribution >= 4 is 15.9 Å². The number of nitrogens with two attached hydrogens (primary N) is 1. The van der Waals surface area contributed by atoms with Crippen LogP contribution in [0, 0.1) is 5.41 Å². The highest BCUT2D eigenvalue weighted by Crippen LogP contribution is 2.19. The van der Waals surface area contributed by atoms with Crippen molar-refractivity contribution in [2.24, 2.45) is 11.1 Å². The van der Waals surface area contributed by atoms with Crippen LogP contribution in [0.2, 0.25) is 0 Å². The number of amides is 1. The lowest BCUT2D eigenvalue weighted by molar-refractivity contribution is -0.131. The van der Waals surface area contributed by atoms with Crippen LogP contribution in [-0.4, -0.2) is 70.0 Å². The molecule has 2 N–H and O–H groups in total. The molecule has 27 heavy (non-hydrogen) atoms. The van der Waals surface area contributed by atoms with Crippen molar-refractivity contribution in [1.82, 2.24) is 9.21 Å². The molecule has 1 fully saturated rings. The van der Waals surface area contributed by atoms with Crippen molar-refractivity contribution in [3.05, 3.63) is 29.8 Å². The standard InChI is InChI=1S/C19H31N3O4S/c1-19(2,14-20)15-21(3)18(23)9-6-16-4-7-17(8-5-16)27(24,25)22-10-12-26-13-11-22/h4-5,7-8H,6,9-15,20H2,1-3H3. The van der Waals surface area contributed by atoms with Gasteiger partial charge in [-0.05, 0) is 36.1 Å². The molecule has 152 valence electrons. The number of hydrogen-bond acceptors (Lipinski definition) is 5. The third-order valence-corrected chi connectivity index (χ3v) is 6.72. The van der Waals surface area contributed by atoms with Gasteiger partial charge in [0.1, 0.15) is 0 Å². The van der Waals surface area contributed by atoms with E-state index in [1.54, 1.807) is 36.2 Å². The van der Waals surface area contributed by atoms with E-state index in [9.17, 15) is 13.2 Å². The molecule has 1 aromatic carbocycles. The molecular weight excluding hydrogens is 366 g/mol. The van der Waals surface area contributed by atoms with Crippen molar-refractivity contribution in [2.45, 2.75) is 31.6 Å². The Morgan fingerprint density at radius 1 is 1.22 bits per heavy atom. The van der Waals surface area contributed by atoms with E-state index in [2.05, 4.69) is 0 Å². The van der Waals surface area contributed by atoms with Crippen LogP contribution >= 0.6 is 0 Å². The Bertz CT molecular complexity index is 726. The number of carbonyl (C=O) groups excluding carboxylic acids is 1. The molecule has 0 atom stereocenters. The summed E-state index contributed by atoms with van der Waals surface area (Å²) in [5, 5.41) is 0. The first-order valence-corrected chi connectivity index (χ1v) is 10.7. The van der Waals surface area contributed by atoms with Gasteiger partial charge in [-0.2, -0.15) is 4.31 Å². The molecule has 0 spiro atoms. The molecule has 1 aliphatic rings. The molecule has 7 nitrogen and oxygen atoms in total. The van der Waals surface area contributed by atoms with Crippen molar-refractivity contribution in [2.75, 3.05) is 46.4 Å². The lowest BCUT2D eigenvalue weighted by Gasteiger charge is -2.29. The number of aryl methyl sites for hydroxylation is 1. The van der Waals surface area contributed by atoms with Gasteiger partial charge in [-0.25, -0.2) is 8.42 Å². The highest BCUT2D eigenvalue weighted by Gasteiger charge is 2.26. The summed E-state index contributed by atoms with van der Waals surface area (Å²) in [5.41, 5.74) is 6.55. The van der Waals surface area contributed by atoms with Crippen LogP contribution in [0.3, 0.4) is 0 Å². The van der Waals surface area contributed by atoms with E-state index in [0.717, 1.165) is 5.56 Å². The third-order valence-electron chi connectivity index (χ3n) is 4.80. The molecule has 0 saturated carbocycles. The summed E-state index contributed by atoms with van der Waals surface area (Å²) in [6.45, 7) is 6.80. The Labute approximate surface area is 162 Å². The maximum atomic E-state index is 12.6. The van der Waals surface area contributed by atoms with Crippen LogP contribution in [0.4, 0.5) is 0 Å². The zero-order valence-corrected chi connectivity index (χ0v) is 17.3. The predicted molar refractivity (Wildman–Crippen MR) is 105 cm³/mol. The van der Waals surface area contributed by atoms with Crippen LogP contribution in [0.5, 0.6) is 0 Å². The zero-order chi connectivity index (χ0) is 20.1. The van der Waals surface area contributed by atoms with Gasteiger partial charge in [0, 0.05) is 33.1 Å². The second kappa shape index (κ2) is 9.14. The molecule has 1 aromatic rings. The molecule has 8 heteroatoms. The van der Waals surface area contributed by atoms with Gasteiger partial charge in [-0.3, -0.25) is 4.79 Å². The Morgan fingerprint density at radius 3 is 2.37 bits per heavy atom. The normalized spacial score (nSPS) is 16.3. The summed E-state index contributed by atoms with van der Waals surface area (Å²) < 4.78 is 31.9. The molecule has 0 aromatic heterocycles. The van der Waals surface area contributed by atoms with E-state index in [4.69, 9.17) is 10.5 Å². The highest BCUT2D eigenvalue weighted by molar-refractivity contribution is 7.89. The van der Waals surface area contributed by atoms with Crippen LogP contribution in [0.25, 0.3) is 0 Å². The zero-order valence-electron chi connectivity index (χ0n) is 16.5. The number of morpholine rings is 1. The Morgan fingerprint density at radius 2 is 1.81 bits per heavy atom. The minimum absolute atomic E-state index is 0.0570. The fourth-order valence-electron chi connectivity index (χ4n) is 3.00. The summed E-state index contributed by atoms with van der Waals surface area (Å²) in [5.74, 6) is 0.0570. The molecule has 2 rings (SSSR count). The van der Waals surface area contributed by atoms with Crippen molar-refractivity contribution in [3.63, 3.8) is 0 Å². The molecule has 1 heterocycles. The van der Waals surface area contributed by atoms with Gasteiger partial charge in [0.25, 0.3) is 0 Å². The summed E-state index contributed by atoms with van der Waals surface area (Å²) >= 11 is 0. The van der Waals surface area contributed by atoms with Gasteiger partial charge >= 0.3 is 0 Å². The summed E-state index contributed by atoms with van der Waals surface area (Å²) in [7, 11) is -1.69. The van der Waals surface area contributed by atoms with E-state index in [1.165, 1.54) is 4.31 Å². The quantitative estimate of drug-likeness (QED) is 0.709. The van der Waals surface area contributed by atoms with Crippen LogP contribution in [0.15, 0.2) is 29.2 Å². The Kier molecular flexibility index (Phi) is 7.39. The molecular formula is C19H31N3O4S. The minimum atomic E-state index is -3.48. The Balaban J connectivity index is 1.93. The van der Waals surface area contributed by atoms with E-state index < -0.39 is 10.0 Å². The molecule has 1 amide bonds. The highest BCUT2D eigenvalue weighted by atomic mass is 32.2. The van der Waals surface area contributed by atoms with E-state index in [1.807, 2.05) is 13.8 Å². The average Bonchev–Trinajstić information content (AvgIpc) is 2.66. The van der Waals surface area contributed by atoms with Crippen LogP contribution in [-0.2, 0) is 26.0 Å². The van der Waals surface area contributed by atoms with Crippen LogP contribution in [0.1, 0.15) is 25.8 Å². The maximum Gasteiger partial charge on any atom is 0.243 e. The van der Waals surface area contributed by atoms with Gasteiger partial charge in [0.15, 0.2) is 0 Å². The molecule has 1 aliphatic heterocycles. The predicted octanol–water partition coefficient (Wildman–Crippen LogP) is 1.08. The summed E-state index contributed by atoms with van der Waals surface area (Å²) in [6.07, 6.45) is 0.955. The average molecular weight is 398 g/mol. The lowest BCUT2D eigenvalue weighted by atomic mass is 9.93.